The lowest BCUT2D eigenvalue weighted by Crippen LogP contribution is -2.41. The molecule has 2 amide bonds. The molecule has 12 heteroatoms. The van der Waals surface area contributed by atoms with E-state index in [-0.39, 0.29) is 29.8 Å². The molecule has 8 nitrogen and oxygen atoms in total. The Bertz CT molecular complexity index is 1350. The minimum atomic E-state index is -1.23. The van der Waals surface area contributed by atoms with Crippen molar-refractivity contribution in [2.24, 2.45) is 0 Å². The summed E-state index contributed by atoms with van der Waals surface area (Å²) >= 11 is 6.46. The molecule has 3 heterocycles. The topological polar surface area (TPSA) is 86.6 Å². The van der Waals surface area contributed by atoms with E-state index in [9.17, 15) is 13.6 Å². The summed E-state index contributed by atoms with van der Waals surface area (Å²) in [5.41, 5.74) is 0.324. The predicted molar refractivity (Wildman–Crippen MR) is 148 cm³/mol. The van der Waals surface area contributed by atoms with Crippen LogP contribution in [-0.2, 0) is 16.2 Å². The highest BCUT2D eigenvalue weighted by molar-refractivity contribution is 6.76. The summed E-state index contributed by atoms with van der Waals surface area (Å²) in [6.45, 7) is 8.10. The lowest BCUT2D eigenvalue weighted by molar-refractivity contribution is -0.0563. The number of carbonyl (C=O) groups is 1. The molecule has 1 saturated carbocycles. The van der Waals surface area contributed by atoms with Crippen molar-refractivity contribution < 1.29 is 27.8 Å². The molecule has 0 unspecified atom stereocenters. The van der Waals surface area contributed by atoms with Gasteiger partial charge >= 0.3 is 6.03 Å². The van der Waals surface area contributed by atoms with Crippen molar-refractivity contribution in [1.29, 1.82) is 0 Å². The van der Waals surface area contributed by atoms with E-state index < -0.39 is 31.5 Å². The van der Waals surface area contributed by atoms with Crippen LogP contribution in [-0.4, -0.2) is 48.5 Å². The first kappa shape index (κ1) is 27.8. The number of fused-ring (bicyclic) bond motifs is 1. The zero-order valence-electron chi connectivity index (χ0n) is 22.3. The SMILES string of the molecule is C[Si](C)(C)CCOCn1cc(Cl)c2c(Oc3c(F)cc(NC(=O)N[C@H]4COC5(CCC5)C4)cc3F)ccnc21. The molecule has 3 aromatic rings. The fraction of sp³-hybridized carbons (Fsp3) is 0.481. The van der Waals surface area contributed by atoms with Gasteiger partial charge in [0.1, 0.15) is 18.1 Å². The average Bonchev–Trinajstić information content (AvgIpc) is 3.40. The highest BCUT2D eigenvalue weighted by Gasteiger charge is 2.45. The molecule has 1 aromatic carbocycles. The van der Waals surface area contributed by atoms with Crippen LogP contribution in [0.15, 0.2) is 30.6 Å². The molecular weight excluding hydrogens is 546 g/mol. The Labute approximate surface area is 232 Å². The minimum Gasteiger partial charge on any atom is -0.450 e. The molecule has 0 radical (unpaired) electrons. The van der Waals surface area contributed by atoms with Crippen LogP contribution in [0.5, 0.6) is 11.5 Å². The number of nitrogens with one attached hydrogen (secondary N) is 2. The summed E-state index contributed by atoms with van der Waals surface area (Å²) in [4.78, 5) is 16.8. The van der Waals surface area contributed by atoms with E-state index in [1.165, 1.54) is 12.3 Å². The first-order valence-electron chi connectivity index (χ1n) is 13.1. The van der Waals surface area contributed by atoms with E-state index >= 15 is 0 Å². The highest BCUT2D eigenvalue weighted by Crippen LogP contribution is 2.43. The van der Waals surface area contributed by atoms with Crippen molar-refractivity contribution in [3.8, 4) is 11.5 Å². The Morgan fingerprint density at radius 2 is 2.03 bits per heavy atom. The smallest absolute Gasteiger partial charge is 0.319 e. The predicted octanol–water partition coefficient (Wildman–Crippen LogP) is 6.91. The Hall–Kier alpha value is -2.73. The molecule has 5 rings (SSSR count). The average molecular weight is 579 g/mol. The fourth-order valence-electron chi connectivity index (χ4n) is 4.91. The number of ether oxygens (including phenoxy) is 3. The van der Waals surface area contributed by atoms with E-state index in [2.05, 4.69) is 35.3 Å². The van der Waals surface area contributed by atoms with E-state index in [4.69, 9.17) is 25.8 Å². The van der Waals surface area contributed by atoms with Gasteiger partial charge in [-0.2, -0.15) is 0 Å². The third-order valence-electron chi connectivity index (χ3n) is 7.18. The van der Waals surface area contributed by atoms with Crippen LogP contribution < -0.4 is 15.4 Å². The summed E-state index contributed by atoms with van der Waals surface area (Å²) in [6, 6.07) is 3.83. The number of carbonyl (C=O) groups excluding carboxylic acids is 1. The number of benzene rings is 1. The van der Waals surface area contributed by atoms with Crippen molar-refractivity contribution in [1.82, 2.24) is 14.9 Å². The second kappa shape index (κ2) is 11.0. The highest BCUT2D eigenvalue weighted by atomic mass is 35.5. The maximum absolute atomic E-state index is 15.0. The van der Waals surface area contributed by atoms with Crippen LogP contribution in [0.4, 0.5) is 19.3 Å². The summed E-state index contributed by atoms with van der Waals surface area (Å²) in [5, 5.41) is 6.04. The number of pyridine rings is 1. The number of anilines is 1. The molecule has 1 aliphatic carbocycles. The number of hydrogen-bond donors (Lipinski definition) is 2. The van der Waals surface area contributed by atoms with E-state index in [1.54, 1.807) is 10.8 Å². The second-order valence-electron chi connectivity index (χ2n) is 11.5. The van der Waals surface area contributed by atoms with Crippen molar-refractivity contribution >= 4 is 42.4 Å². The van der Waals surface area contributed by atoms with Gasteiger partial charge in [-0.1, -0.05) is 31.2 Å². The standard InChI is InChI=1S/C27H33ClF2N4O4Si/c1-39(2,3)10-9-36-16-34-14-19(28)23-22(5-8-31-25(23)34)38-24-20(29)11-17(12-21(24)30)32-26(35)33-18-13-27(37-15-18)6-4-7-27/h5,8,11-12,14,18H,4,6-7,9-10,13,15-16H2,1-3H3,(H2,32,33,35)/t18-/m1/s1. The largest absolute Gasteiger partial charge is 0.450 e. The molecule has 210 valence electrons. The van der Waals surface area contributed by atoms with E-state index in [1.807, 2.05) is 0 Å². The zero-order chi connectivity index (χ0) is 27.8. The normalized spacial score (nSPS) is 18.4. The number of rotatable bonds is 9. The van der Waals surface area contributed by atoms with Gasteiger partial charge in [-0.25, -0.2) is 18.6 Å². The first-order valence-corrected chi connectivity index (χ1v) is 17.2. The summed E-state index contributed by atoms with van der Waals surface area (Å²) in [5.74, 6) is -2.41. The van der Waals surface area contributed by atoms with Crippen molar-refractivity contribution in [3.05, 3.63) is 47.2 Å². The third kappa shape index (κ3) is 6.37. The maximum Gasteiger partial charge on any atom is 0.319 e. The van der Waals surface area contributed by atoms with Crippen molar-refractivity contribution in [2.45, 2.75) is 69.7 Å². The molecule has 1 spiro atoms. The Balaban J connectivity index is 1.26. The monoisotopic (exact) mass is 578 g/mol. The Kier molecular flexibility index (Phi) is 7.87. The van der Waals surface area contributed by atoms with E-state index in [0.29, 0.717) is 29.3 Å². The molecule has 2 aromatic heterocycles. The Morgan fingerprint density at radius 1 is 1.28 bits per heavy atom. The van der Waals surface area contributed by atoms with Gasteiger partial charge in [0.25, 0.3) is 0 Å². The lowest BCUT2D eigenvalue weighted by Gasteiger charge is -2.37. The van der Waals surface area contributed by atoms with Gasteiger partial charge in [0.15, 0.2) is 17.4 Å². The van der Waals surface area contributed by atoms with Gasteiger partial charge in [0, 0.05) is 44.9 Å². The number of amides is 2. The van der Waals surface area contributed by atoms with Gasteiger partial charge in [-0.15, -0.1) is 0 Å². The quantitative estimate of drug-likeness (QED) is 0.213. The van der Waals surface area contributed by atoms with Crippen molar-refractivity contribution in [3.63, 3.8) is 0 Å². The molecule has 2 aliphatic rings. The number of aromatic nitrogens is 2. The molecule has 1 saturated heterocycles. The van der Waals surface area contributed by atoms with Crippen LogP contribution >= 0.6 is 11.6 Å². The number of nitrogens with zero attached hydrogens (tertiary/aromatic N) is 2. The summed E-state index contributed by atoms with van der Waals surface area (Å²) < 4.78 is 49.0. The first-order chi connectivity index (χ1) is 18.5. The van der Waals surface area contributed by atoms with Gasteiger partial charge < -0.3 is 29.4 Å². The molecule has 0 bridgehead atoms. The number of urea groups is 1. The van der Waals surface area contributed by atoms with E-state index in [0.717, 1.165) is 43.9 Å². The van der Waals surface area contributed by atoms with Crippen molar-refractivity contribution in [2.75, 3.05) is 18.5 Å². The molecule has 2 fully saturated rings. The summed E-state index contributed by atoms with van der Waals surface area (Å²) in [6.07, 6.45) is 6.99. The third-order valence-corrected chi connectivity index (χ3v) is 9.17. The van der Waals surface area contributed by atoms with Crippen LogP contribution in [0.3, 0.4) is 0 Å². The molecular formula is C27H33ClF2N4O4Si. The van der Waals surface area contributed by atoms with Gasteiger partial charge in [-0.05, 0) is 37.8 Å². The lowest BCUT2D eigenvalue weighted by atomic mass is 9.77. The second-order valence-corrected chi connectivity index (χ2v) is 17.5. The molecule has 39 heavy (non-hydrogen) atoms. The fourth-order valence-corrected chi connectivity index (χ4v) is 5.96. The molecule has 2 N–H and O–H groups in total. The van der Waals surface area contributed by atoms with Gasteiger partial charge in [0.05, 0.1) is 28.7 Å². The molecule has 1 aliphatic heterocycles. The van der Waals surface area contributed by atoms with Crippen LogP contribution in [0, 0.1) is 11.6 Å². The van der Waals surface area contributed by atoms with Gasteiger partial charge in [-0.3, -0.25) is 0 Å². The minimum absolute atomic E-state index is 0.0355. The van der Waals surface area contributed by atoms with Crippen LogP contribution in [0.25, 0.3) is 11.0 Å². The zero-order valence-corrected chi connectivity index (χ0v) is 24.0. The summed E-state index contributed by atoms with van der Waals surface area (Å²) in [7, 11) is -1.23. The van der Waals surface area contributed by atoms with Crippen LogP contribution in [0.1, 0.15) is 25.7 Å². The Morgan fingerprint density at radius 3 is 2.67 bits per heavy atom. The number of halogens is 3. The van der Waals surface area contributed by atoms with Gasteiger partial charge in [0.2, 0.25) is 0 Å². The molecule has 1 atom stereocenters. The van der Waals surface area contributed by atoms with Crippen LogP contribution in [0.2, 0.25) is 30.7 Å². The maximum atomic E-state index is 15.0. The number of hydrogen-bond acceptors (Lipinski definition) is 5.